The number of hydrogen-bond acceptors (Lipinski definition) is 3. The Morgan fingerprint density at radius 3 is 2.33 bits per heavy atom. The van der Waals surface area contributed by atoms with E-state index in [1.807, 2.05) is 6.07 Å². The van der Waals surface area contributed by atoms with E-state index in [9.17, 15) is 0 Å². The molecule has 0 bridgehead atoms. The van der Waals surface area contributed by atoms with Gasteiger partial charge in [0.1, 0.15) is 12.4 Å². The lowest BCUT2D eigenvalue weighted by Gasteiger charge is -2.15. The van der Waals surface area contributed by atoms with Crippen molar-refractivity contribution in [2.45, 2.75) is 26.8 Å². The topological polar surface area (TPSA) is 35.2 Å². The third-order valence-electron chi connectivity index (χ3n) is 2.94. The predicted octanol–water partition coefficient (Wildman–Crippen LogP) is 3.75. The molecule has 1 atom stereocenters. The minimum Gasteiger partial charge on any atom is -0.491 e. The number of thiophene rings is 1. The van der Waals surface area contributed by atoms with Gasteiger partial charge < -0.3 is 10.5 Å². The molecule has 1 aromatic heterocycles. The number of nitrogens with two attached hydrogens (primary N) is 1. The molecule has 0 aliphatic carbocycles. The number of rotatable bonds is 4. The highest BCUT2D eigenvalue weighted by atomic mass is 32.1. The standard InChI is InChI=1S/C15H19NOS/c1-10-5-4-6-11(2)15(10)17-9-13(16)14-8-7-12(3)18-14/h4-8,13H,9,16H2,1-3H3. The third-order valence-corrected chi connectivity index (χ3v) is 4.08. The quantitative estimate of drug-likeness (QED) is 0.909. The summed E-state index contributed by atoms with van der Waals surface area (Å²) in [4.78, 5) is 2.46. The fourth-order valence-corrected chi connectivity index (χ4v) is 2.80. The minimum absolute atomic E-state index is 0.0530. The molecule has 1 aromatic carbocycles. The average Bonchev–Trinajstić information content (AvgIpc) is 2.75. The van der Waals surface area contributed by atoms with Crippen LogP contribution < -0.4 is 10.5 Å². The van der Waals surface area contributed by atoms with Crippen molar-refractivity contribution in [3.8, 4) is 5.75 Å². The molecule has 0 spiro atoms. The van der Waals surface area contributed by atoms with Crippen LogP contribution in [0.4, 0.5) is 0 Å². The summed E-state index contributed by atoms with van der Waals surface area (Å²) in [6.07, 6.45) is 0. The molecule has 0 aliphatic heterocycles. The Kier molecular flexibility index (Phi) is 4.04. The van der Waals surface area contributed by atoms with E-state index in [4.69, 9.17) is 10.5 Å². The van der Waals surface area contributed by atoms with E-state index in [0.717, 1.165) is 16.9 Å². The van der Waals surface area contributed by atoms with Crippen LogP contribution in [0.5, 0.6) is 5.75 Å². The van der Waals surface area contributed by atoms with Gasteiger partial charge in [-0.05, 0) is 44.0 Å². The van der Waals surface area contributed by atoms with Crippen LogP contribution >= 0.6 is 11.3 Å². The zero-order valence-electron chi connectivity index (χ0n) is 11.1. The summed E-state index contributed by atoms with van der Waals surface area (Å²) in [5.41, 5.74) is 8.46. The Morgan fingerprint density at radius 1 is 1.11 bits per heavy atom. The second kappa shape index (κ2) is 5.55. The zero-order valence-corrected chi connectivity index (χ0v) is 11.9. The van der Waals surface area contributed by atoms with Gasteiger partial charge in [-0.2, -0.15) is 0 Å². The Balaban J connectivity index is 2.03. The summed E-state index contributed by atoms with van der Waals surface area (Å²) in [6.45, 7) is 6.73. The van der Waals surface area contributed by atoms with E-state index in [-0.39, 0.29) is 6.04 Å². The Hall–Kier alpha value is -1.32. The van der Waals surface area contributed by atoms with Gasteiger partial charge in [0, 0.05) is 9.75 Å². The first-order chi connectivity index (χ1) is 8.58. The van der Waals surface area contributed by atoms with Gasteiger partial charge in [-0.3, -0.25) is 0 Å². The number of aryl methyl sites for hydroxylation is 3. The molecule has 0 fully saturated rings. The van der Waals surface area contributed by atoms with Crippen molar-refractivity contribution in [2.24, 2.45) is 5.73 Å². The predicted molar refractivity (Wildman–Crippen MR) is 77.4 cm³/mol. The Labute approximate surface area is 112 Å². The maximum absolute atomic E-state index is 6.14. The number of benzene rings is 1. The van der Waals surface area contributed by atoms with Gasteiger partial charge in [0.25, 0.3) is 0 Å². The summed E-state index contributed by atoms with van der Waals surface area (Å²) < 4.78 is 5.87. The molecule has 2 N–H and O–H groups in total. The summed E-state index contributed by atoms with van der Waals surface area (Å²) in [6, 6.07) is 10.3. The first-order valence-corrected chi connectivity index (χ1v) is 6.90. The van der Waals surface area contributed by atoms with Crippen molar-refractivity contribution in [1.29, 1.82) is 0 Å². The lowest BCUT2D eigenvalue weighted by atomic mass is 10.1. The van der Waals surface area contributed by atoms with Crippen molar-refractivity contribution in [3.05, 3.63) is 51.2 Å². The largest absolute Gasteiger partial charge is 0.491 e. The Bertz CT molecular complexity index is 513. The highest BCUT2D eigenvalue weighted by Crippen LogP contribution is 2.25. The minimum atomic E-state index is -0.0530. The molecule has 2 rings (SSSR count). The van der Waals surface area contributed by atoms with Gasteiger partial charge in [0.15, 0.2) is 0 Å². The van der Waals surface area contributed by atoms with Crippen LogP contribution in [0.15, 0.2) is 30.3 Å². The highest BCUT2D eigenvalue weighted by Gasteiger charge is 2.11. The van der Waals surface area contributed by atoms with E-state index < -0.39 is 0 Å². The average molecular weight is 261 g/mol. The van der Waals surface area contributed by atoms with E-state index in [2.05, 4.69) is 45.0 Å². The normalized spacial score (nSPS) is 12.4. The van der Waals surface area contributed by atoms with Crippen LogP contribution in [0.1, 0.15) is 26.9 Å². The van der Waals surface area contributed by atoms with Crippen LogP contribution in [-0.2, 0) is 0 Å². The van der Waals surface area contributed by atoms with Gasteiger partial charge in [-0.1, -0.05) is 18.2 Å². The van der Waals surface area contributed by atoms with Crippen molar-refractivity contribution in [2.75, 3.05) is 6.61 Å². The van der Waals surface area contributed by atoms with E-state index in [1.54, 1.807) is 11.3 Å². The van der Waals surface area contributed by atoms with Gasteiger partial charge in [0.2, 0.25) is 0 Å². The van der Waals surface area contributed by atoms with Gasteiger partial charge >= 0.3 is 0 Å². The maximum Gasteiger partial charge on any atom is 0.125 e. The lowest BCUT2D eigenvalue weighted by molar-refractivity contribution is 0.288. The van der Waals surface area contributed by atoms with E-state index >= 15 is 0 Å². The molecule has 3 heteroatoms. The number of hydrogen-bond donors (Lipinski definition) is 1. The maximum atomic E-state index is 6.14. The molecule has 2 nitrogen and oxygen atoms in total. The van der Waals surface area contributed by atoms with Crippen molar-refractivity contribution in [1.82, 2.24) is 0 Å². The molecule has 1 heterocycles. The Morgan fingerprint density at radius 2 is 1.78 bits per heavy atom. The van der Waals surface area contributed by atoms with Crippen LogP contribution in [-0.4, -0.2) is 6.61 Å². The lowest BCUT2D eigenvalue weighted by Crippen LogP contribution is -2.18. The van der Waals surface area contributed by atoms with Crippen molar-refractivity contribution in [3.63, 3.8) is 0 Å². The molecule has 1 unspecified atom stereocenters. The van der Waals surface area contributed by atoms with Crippen LogP contribution in [0.2, 0.25) is 0 Å². The fourth-order valence-electron chi connectivity index (χ4n) is 1.93. The summed E-state index contributed by atoms with van der Waals surface area (Å²) in [5, 5.41) is 0. The summed E-state index contributed by atoms with van der Waals surface area (Å²) in [7, 11) is 0. The van der Waals surface area contributed by atoms with E-state index in [0.29, 0.717) is 6.61 Å². The first kappa shape index (κ1) is 13.1. The van der Waals surface area contributed by atoms with Crippen LogP contribution in [0, 0.1) is 20.8 Å². The zero-order chi connectivity index (χ0) is 13.1. The molecule has 0 aliphatic rings. The SMILES string of the molecule is Cc1ccc(C(N)COc2c(C)cccc2C)s1. The molecule has 18 heavy (non-hydrogen) atoms. The summed E-state index contributed by atoms with van der Waals surface area (Å²) >= 11 is 1.73. The molecular formula is C15H19NOS. The molecule has 0 radical (unpaired) electrons. The van der Waals surface area contributed by atoms with E-state index in [1.165, 1.54) is 9.75 Å². The van der Waals surface area contributed by atoms with Crippen molar-refractivity contribution >= 4 is 11.3 Å². The molecule has 96 valence electrons. The van der Waals surface area contributed by atoms with Gasteiger partial charge in [-0.15, -0.1) is 11.3 Å². The molecular weight excluding hydrogens is 242 g/mol. The van der Waals surface area contributed by atoms with Gasteiger partial charge in [-0.25, -0.2) is 0 Å². The second-order valence-electron chi connectivity index (χ2n) is 4.59. The van der Waals surface area contributed by atoms with Crippen LogP contribution in [0.25, 0.3) is 0 Å². The molecule has 2 aromatic rings. The first-order valence-electron chi connectivity index (χ1n) is 6.09. The summed E-state index contributed by atoms with van der Waals surface area (Å²) in [5.74, 6) is 0.959. The van der Waals surface area contributed by atoms with Crippen LogP contribution in [0.3, 0.4) is 0 Å². The molecule has 0 saturated heterocycles. The second-order valence-corrected chi connectivity index (χ2v) is 5.91. The highest BCUT2D eigenvalue weighted by molar-refractivity contribution is 7.12. The number of para-hydroxylation sites is 1. The monoisotopic (exact) mass is 261 g/mol. The molecule has 0 saturated carbocycles. The van der Waals surface area contributed by atoms with Crippen molar-refractivity contribution < 1.29 is 4.74 Å². The van der Waals surface area contributed by atoms with Gasteiger partial charge in [0.05, 0.1) is 6.04 Å². The smallest absolute Gasteiger partial charge is 0.125 e. The molecule has 0 amide bonds. The number of ether oxygens (including phenoxy) is 1. The third kappa shape index (κ3) is 2.92. The fraction of sp³-hybridized carbons (Fsp3) is 0.333.